The van der Waals surface area contributed by atoms with Crippen molar-refractivity contribution in [2.24, 2.45) is 0 Å². The number of phenolic OH excluding ortho intramolecular Hbond substituents is 4. The fourth-order valence-corrected chi connectivity index (χ4v) is 3.81. The molecule has 0 fully saturated rings. The molecule has 0 spiro atoms. The molecule has 0 amide bonds. The quantitative estimate of drug-likeness (QED) is 0.329. The molecule has 1 atom stereocenters. The van der Waals surface area contributed by atoms with Crippen molar-refractivity contribution in [3.05, 3.63) is 62.8 Å². The van der Waals surface area contributed by atoms with Crippen LogP contribution in [0.15, 0.2) is 50.7 Å². The molecule has 7 nitrogen and oxygen atoms in total. The Balaban J connectivity index is 2.15. The summed E-state index contributed by atoms with van der Waals surface area (Å²) in [5, 5.41) is 41.0. The Morgan fingerprint density at radius 3 is 2.28 bits per heavy atom. The van der Waals surface area contributed by atoms with Crippen molar-refractivity contribution < 1.29 is 29.6 Å². The van der Waals surface area contributed by atoms with E-state index in [0.717, 1.165) is 17.2 Å². The number of ether oxygens (including phenoxy) is 1. The molecule has 0 aliphatic carbocycles. The Morgan fingerprint density at radius 2 is 1.62 bits per heavy atom. The molecule has 4 N–H and O–H groups in total. The van der Waals surface area contributed by atoms with Gasteiger partial charge in [-0.1, -0.05) is 17.2 Å². The second-order valence-electron chi connectivity index (χ2n) is 8.38. The summed E-state index contributed by atoms with van der Waals surface area (Å²) in [6.07, 6.45) is 3.06. The summed E-state index contributed by atoms with van der Waals surface area (Å²) < 4.78 is 12.1. The third-order valence-corrected chi connectivity index (χ3v) is 5.32. The van der Waals surface area contributed by atoms with Gasteiger partial charge in [-0.15, -0.1) is 0 Å². The van der Waals surface area contributed by atoms with E-state index < -0.39 is 23.0 Å². The molecule has 7 heteroatoms. The van der Waals surface area contributed by atoms with Crippen molar-refractivity contribution >= 4 is 11.0 Å². The Morgan fingerprint density at radius 1 is 0.938 bits per heavy atom. The molecule has 0 radical (unpaired) electrons. The smallest absolute Gasteiger partial charge is 0.204 e. The van der Waals surface area contributed by atoms with Crippen LogP contribution in [0.25, 0.3) is 22.3 Å². The van der Waals surface area contributed by atoms with Gasteiger partial charge in [-0.3, -0.25) is 4.79 Å². The number of allylic oxidation sites excluding steroid dienone is 3. The summed E-state index contributed by atoms with van der Waals surface area (Å²) >= 11 is 0. The van der Waals surface area contributed by atoms with E-state index in [0.29, 0.717) is 5.56 Å². The maximum absolute atomic E-state index is 13.6. The van der Waals surface area contributed by atoms with Crippen molar-refractivity contribution in [3.63, 3.8) is 0 Å². The van der Waals surface area contributed by atoms with Crippen molar-refractivity contribution in [1.29, 1.82) is 0 Å². The van der Waals surface area contributed by atoms with Gasteiger partial charge in [0.15, 0.2) is 11.5 Å². The highest BCUT2D eigenvalue weighted by molar-refractivity contribution is 5.91. The summed E-state index contributed by atoms with van der Waals surface area (Å²) in [4.78, 5) is 13.6. The highest BCUT2D eigenvalue weighted by Gasteiger charge is 2.33. The lowest BCUT2D eigenvalue weighted by atomic mass is 9.94. The van der Waals surface area contributed by atoms with Crippen LogP contribution in [-0.2, 0) is 6.42 Å². The predicted octanol–water partition coefficient (Wildman–Crippen LogP) is 5.19. The first kappa shape index (κ1) is 21.4. The lowest BCUT2D eigenvalue weighted by Gasteiger charge is -2.26. The zero-order chi connectivity index (χ0) is 23.3. The molecule has 0 saturated carbocycles. The maximum Gasteiger partial charge on any atom is 0.204 e. The second-order valence-corrected chi connectivity index (χ2v) is 8.38. The third-order valence-electron chi connectivity index (χ3n) is 5.32. The molecule has 4 rings (SSSR count). The number of rotatable bonds is 3. The molecular weight excluding hydrogens is 412 g/mol. The van der Waals surface area contributed by atoms with E-state index in [4.69, 9.17) is 9.15 Å². The van der Waals surface area contributed by atoms with Gasteiger partial charge >= 0.3 is 0 Å². The van der Waals surface area contributed by atoms with E-state index in [2.05, 4.69) is 0 Å². The van der Waals surface area contributed by atoms with Crippen LogP contribution in [0, 0.1) is 0 Å². The van der Waals surface area contributed by atoms with Crippen LogP contribution in [0.2, 0.25) is 0 Å². The summed E-state index contributed by atoms with van der Waals surface area (Å²) in [5.41, 5.74) is 2.24. The highest BCUT2D eigenvalue weighted by Crippen LogP contribution is 2.48. The van der Waals surface area contributed by atoms with Crippen molar-refractivity contribution in [2.45, 2.75) is 40.2 Å². The lowest BCUT2D eigenvalue weighted by Crippen LogP contribution is -2.22. The van der Waals surface area contributed by atoms with E-state index in [1.165, 1.54) is 12.1 Å². The molecule has 3 aromatic rings. The van der Waals surface area contributed by atoms with Crippen LogP contribution in [0.5, 0.6) is 28.7 Å². The minimum Gasteiger partial charge on any atom is -0.507 e. The molecule has 0 unspecified atom stereocenters. The molecule has 166 valence electrons. The Labute approximate surface area is 184 Å². The monoisotopic (exact) mass is 436 g/mol. The summed E-state index contributed by atoms with van der Waals surface area (Å²) in [5.74, 6) is -0.989. The zero-order valence-electron chi connectivity index (χ0n) is 18.2. The third kappa shape index (κ3) is 3.45. The largest absolute Gasteiger partial charge is 0.507 e. The maximum atomic E-state index is 13.6. The van der Waals surface area contributed by atoms with Crippen LogP contribution in [0.1, 0.15) is 44.9 Å². The van der Waals surface area contributed by atoms with E-state index >= 15 is 0 Å². The summed E-state index contributed by atoms with van der Waals surface area (Å²) in [6.45, 7) is 7.51. The molecule has 0 bridgehead atoms. The van der Waals surface area contributed by atoms with Gasteiger partial charge in [-0.05, 0) is 46.3 Å². The van der Waals surface area contributed by atoms with Gasteiger partial charge < -0.3 is 29.6 Å². The second kappa shape index (κ2) is 7.67. The number of phenols is 4. The SMILES string of the molecule is CC(C)=CCc1c(O)cc(O)c2c(=O)c3c(oc12)-c1cc(O)c(O)cc1O[C@@H]3C=C(C)C. The molecule has 32 heavy (non-hydrogen) atoms. The van der Waals surface area contributed by atoms with Gasteiger partial charge in [-0.25, -0.2) is 0 Å². The van der Waals surface area contributed by atoms with Crippen molar-refractivity contribution in [2.75, 3.05) is 0 Å². The van der Waals surface area contributed by atoms with Crippen LogP contribution in [-0.4, -0.2) is 20.4 Å². The Kier molecular flexibility index (Phi) is 5.12. The van der Waals surface area contributed by atoms with E-state index in [-0.39, 0.29) is 51.5 Å². The summed E-state index contributed by atoms with van der Waals surface area (Å²) in [7, 11) is 0. The minimum atomic E-state index is -0.832. The first-order chi connectivity index (χ1) is 15.1. The van der Waals surface area contributed by atoms with Gasteiger partial charge in [0.2, 0.25) is 5.43 Å². The molecule has 1 aromatic heterocycles. The van der Waals surface area contributed by atoms with Gasteiger partial charge in [0.05, 0.1) is 11.1 Å². The molecule has 2 aromatic carbocycles. The van der Waals surface area contributed by atoms with Crippen LogP contribution in [0.3, 0.4) is 0 Å². The average molecular weight is 436 g/mol. The zero-order valence-corrected chi connectivity index (χ0v) is 18.2. The van der Waals surface area contributed by atoms with Crippen molar-refractivity contribution in [1.82, 2.24) is 0 Å². The number of fused-ring (bicyclic) bond motifs is 4. The van der Waals surface area contributed by atoms with Gasteiger partial charge in [0.25, 0.3) is 0 Å². The first-order valence-corrected chi connectivity index (χ1v) is 10.1. The normalized spacial score (nSPS) is 14.3. The van der Waals surface area contributed by atoms with E-state index in [1.54, 1.807) is 6.08 Å². The van der Waals surface area contributed by atoms with E-state index in [1.807, 2.05) is 33.8 Å². The van der Waals surface area contributed by atoms with Gasteiger partial charge in [-0.2, -0.15) is 0 Å². The molecule has 1 aliphatic heterocycles. The molecule has 2 heterocycles. The average Bonchev–Trinajstić information content (AvgIpc) is 2.68. The van der Waals surface area contributed by atoms with Gasteiger partial charge in [0.1, 0.15) is 40.1 Å². The van der Waals surface area contributed by atoms with Crippen LogP contribution in [0.4, 0.5) is 0 Å². The number of aromatic hydroxyl groups is 4. The number of benzene rings is 2. The molecule has 1 aliphatic rings. The lowest BCUT2D eigenvalue weighted by molar-refractivity contribution is 0.243. The van der Waals surface area contributed by atoms with E-state index in [9.17, 15) is 25.2 Å². The minimum absolute atomic E-state index is 0.0547. The fourth-order valence-electron chi connectivity index (χ4n) is 3.81. The standard InChI is InChI=1S/C25H24O7/c1-11(2)5-6-13-15(26)9-18(29)21-23(30)22-20(7-12(3)4)31-19-10-17(28)16(27)8-14(19)25(22)32-24(13)21/h5,7-10,20,26-29H,6H2,1-4H3/t20-/m1/s1. The van der Waals surface area contributed by atoms with Crippen LogP contribution < -0.4 is 10.2 Å². The van der Waals surface area contributed by atoms with Crippen molar-refractivity contribution in [3.8, 4) is 40.1 Å². The number of hydrogen-bond donors (Lipinski definition) is 4. The predicted molar refractivity (Wildman–Crippen MR) is 121 cm³/mol. The van der Waals surface area contributed by atoms with Gasteiger partial charge in [0, 0.05) is 17.7 Å². The Hall–Kier alpha value is -3.87. The van der Waals surface area contributed by atoms with Crippen LogP contribution >= 0.6 is 0 Å². The Bertz CT molecular complexity index is 1370. The molecular formula is C25H24O7. The fraction of sp³-hybridized carbons (Fsp3) is 0.240. The highest BCUT2D eigenvalue weighted by atomic mass is 16.5. The topological polar surface area (TPSA) is 120 Å². The first-order valence-electron chi connectivity index (χ1n) is 10.1. The molecule has 0 saturated heterocycles. The number of hydrogen-bond acceptors (Lipinski definition) is 7. The summed E-state index contributed by atoms with van der Waals surface area (Å²) in [6, 6.07) is 3.65.